The zero-order chi connectivity index (χ0) is 7.64. The molecule has 4 aliphatic rings. The van der Waals surface area contributed by atoms with E-state index in [1.807, 2.05) is 0 Å². The predicted octanol–water partition coefficient (Wildman–Crippen LogP) is 0.216. The SMILES string of the molecule is C[N+]12CC3CC1CC(C2)C3O. The van der Waals surface area contributed by atoms with E-state index in [4.69, 9.17) is 0 Å². The van der Waals surface area contributed by atoms with Gasteiger partial charge in [0, 0.05) is 24.7 Å². The quantitative estimate of drug-likeness (QED) is 0.495. The van der Waals surface area contributed by atoms with Crippen molar-refractivity contribution in [2.45, 2.75) is 25.0 Å². The summed E-state index contributed by atoms with van der Waals surface area (Å²) in [6.07, 6.45) is 2.66. The van der Waals surface area contributed by atoms with E-state index in [-0.39, 0.29) is 6.10 Å². The van der Waals surface area contributed by atoms with Crippen molar-refractivity contribution in [1.29, 1.82) is 0 Å². The fraction of sp³-hybridized carbons (Fsp3) is 1.00. The van der Waals surface area contributed by atoms with Gasteiger partial charge in [0.05, 0.1) is 32.3 Å². The minimum atomic E-state index is 0.0555. The molecule has 2 unspecified atom stereocenters. The highest BCUT2D eigenvalue weighted by molar-refractivity contribution is 4.96. The third kappa shape index (κ3) is 0.611. The summed E-state index contributed by atoms with van der Waals surface area (Å²) < 4.78 is 1.28. The van der Waals surface area contributed by atoms with Crippen LogP contribution in [0.5, 0.6) is 0 Å². The van der Waals surface area contributed by atoms with Crippen molar-refractivity contribution in [3.63, 3.8) is 0 Å². The van der Waals surface area contributed by atoms with Crippen molar-refractivity contribution in [2.75, 3.05) is 20.1 Å². The Morgan fingerprint density at radius 3 is 2.18 bits per heavy atom. The largest absolute Gasteiger partial charge is 0.392 e. The number of quaternary nitrogens is 1. The molecule has 1 aliphatic carbocycles. The number of nitrogens with zero attached hydrogens (tertiary/aromatic N) is 1. The van der Waals surface area contributed by atoms with Crippen molar-refractivity contribution >= 4 is 0 Å². The van der Waals surface area contributed by atoms with Gasteiger partial charge in [0.1, 0.15) is 0 Å². The summed E-state index contributed by atoms with van der Waals surface area (Å²) in [5, 5.41) is 9.81. The first-order valence-electron chi connectivity index (χ1n) is 4.71. The molecule has 2 heteroatoms. The summed E-state index contributed by atoms with van der Waals surface area (Å²) in [6, 6.07) is 0.911. The number of aliphatic hydroxyl groups is 1. The van der Waals surface area contributed by atoms with Crippen LogP contribution in [0.25, 0.3) is 0 Å². The third-order valence-corrected chi connectivity index (χ3v) is 4.30. The van der Waals surface area contributed by atoms with Gasteiger partial charge in [-0.3, -0.25) is 0 Å². The van der Waals surface area contributed by atoms with E-state index in [1.54, 1.807) is 0 Å². The molecule has 4 bridgehead atoms. The Morgan fingerprint density at radius 2 is 1.73 bits per heavy atom. The monoisotopic (exact) mass is 154 g/mol. The molecule has 62 valence electrons. The Labute approximate surface area is 67.4 Å². The van der Waals surface area contributed by atoms with Crippen LogP contribution < -0.4 is 0 Å². The lowest BCUT2D eigenvalue weighted by atomic mass is 9.80. The lowest BCUT2D eigenvalue weighted by Crippen LogP contribution is -2.49. The molecule has 0 spiro atoms. The van der Waals surface area contributed by atoms with Crippen molar-refractivity contribution in [3.8, 4) is 0 Å². The lowest BCUT2D eigenvalue weighted by Gasteiger charge is -2.34. The summed E-state index contributed by atoms with van der Waals surface area (Å²) in [6.45, 7) is 2.50. The van der Waals surface area contributed by atoms with E-state index in [2.05, 4.69) is 7.05 Å². The normalized spacial score (nSPS) is 66.0. The maximum atomic E-state index is 9.81. The number of rotatable bonds is 0. The van der Waals surface area contributed by atoms with Gasteiger partial charge in [-0.1, -0.05) is 0 Å². The van der Waals surface area contributed by atoms with Gasteiger partial charge >= 0.3 is 0 Å². The van der Waals surface area contributed by atoms with Gasteiger partial charge in [0.15, 0.2) is 0 Å². The van der Waals surface area contributed by atoms with Crippen LogP contribution in [0.4, 0.5) is 0 Å². The van der Waals surface area contributed by atoms with Crippen LogP contribution in [0, 0.1) is 11.8 Å². The molecule has 3 heterocycles. The molecule has 11 heavy (non-hydrogen) atoms. The minimum absolute atomic E-state index is 0.0555. The molecule has 4 fully saturated rings. The van der Waals surface area contributed by atoms with E-state index >= 15 is 0 Å². The second-order valence-electron chi connectivity index (χ2n) is 4.98. The van der Waals surface area contributed by atoms with Crippen molar-refractivity contribution in [1.82, 2.24) is 0 Å². The molecular weight excluding hydrogens is 138 g/mol. The fourth-order valence-electron chi connectivity index (χ4n) is 3.78. The number of hydrogen-bond donors (Lipinski definition) is 1. The van der Waals surface area contributed by atoms with Gasteiger partial charge in [0.2, 0.25) is 0 Å². The highest BCUT2D eigenvalue weighted by Gasteiger charge is 2.60. The molecule has 2 atom stereocenters. The smallest absolute Gasteiger partial charge is 0.0900 e. The number of aliphatic hydroxyl groups excluding tert-OH is 1. The van der Waals surface area contributed by atoms with Crippen molar-refractivity contribution in [3.05, 3.63) is 0 Å². The summed E-state index contributed by atoms with van der Waals surface area (Å²) in [5.41, 5.74) is 0. The fourth-order valence-corrected chi connectivity index (χ4v) is 3.78. The topological polar surface area (TPSA) is 20.2 Å². The van der Waals surface area contributed by atoms with Gasteiger partial charge in [-0.25, -0.2) is 0 Å². The van der Waals surface area contributed by atoms with Gasteiger partial charge in [0.25, 0.3) is 0 Å². The van der Waals surface area contributed by atoms with Crippen molar-refractivity contribution in [2.24, 2.45) is 11.8 Å². The number of piperidine rings is 1. The molecule has 0 aromatic rings. The second-order valence-corrected chi connectivity index (χ2v) is 4.98. The molecule has 2 nitrogen and oxygen atoms in total. The molecular formula is C9H16NO+. The van der Waals surface area contributed by atoms with Gasteiger partial charge < -0.3 is 9.59 Å². The zero-order valence-electron chi connectivity index (χ0n) is 7.03. The Balaban J connectivity index is 2.02. The van der Waals surface area contributed by atoms with Crippen LogP contribution in [-0.2, 0) is 0 Å². The Kier molecular flexibility index (Phi) is 0.961. The third-order valence-electron chi connectivity index (χ3n) is 4.30. The van der Waals surface area contributed by atoms with E-state index < -0.39 is 0 Å². The van der Waals surface area contributed by atoms with Gasteiger partial charge in [-0.2, -0.15) is 0 Å². The van der Waals surface area contributed by atoms with Crippen LogP contribution in [-0.4, -0.2) is 41.9 Å². The molecule has 0 aromatic carbocycles. The molecule has 0 aromatic heterocycles. The van der Waals surface area contributed by atoms with Crippen LogP contribution in [0.1, 0.15) is 12.8 Å². The highest BCUT2D eigenvalue weighted by Crippen LogP contribution is 2.49. The maximum Gasteiger partial charge on any atom is 0.0900 e. The van der Waals surface area contributed by atoms with Crippen molar-refractivity contribution < 1.29 is 9.59 Å². The van der Waals surface area contributed by atoms with Crippen LogP contribution >= 0.6 is 0 Å². The van der Waals surface area contributed by atoms with E-state index in [0.29, 0.717) is 11.8 Å². The molecule has 3 saturated heterocycles. The van der Waals surface area contributed by atoms with Crippen LogP contribution in [0.3, 0.4) is 0 Å². The second kappa shape index (κ2) is 1.64. The van der Waals surface area contributed by atoms with Crippen LogP contribution in [0.2, 0.25) is 0 Å². The summed E-state index contributed by atoms with van der Waals surface area (Å²) in [7, 11) is 2.37. The van der Waals surface area contributed by atoms with E-state index in [1.165, 1.54) is 30.4 Å². The van der Waals surface area contributed by atoms with Gasteiger partial charge in [-0.15, -0.1) is 0 Å². The van der Waals surface area contributed by atoms with E-state index in [9.17, 15) is 5.11 Å². The molecule has 1 N–H and O–H groups in total. The average molecular weight is 154 g/mol. The molecule has 0 amide bonds. The first kappa shape index (κ1) is 6.44. The summed E-state index contributed by atoms with van der Waals surface area (Å²) >= 11 is 0. The van der Waals surface area contributed by atoms with E-state index in [0.717, 1.165) is 6.04 Å². The van der Waals surface area contributed by atoms with Crippen LogP contribution in [0.15, 0.2) is 0 Å². The Hall–Kier alpha value is -0.0800. The summed E-state index contributed by atoms with van der Waals surface area (Å²) in [5.74, 6) is 1.30. The first-order chi connectivity index (χ1) is 5.19. The molecule has 4 rings (SSSR count). The lowest BCUT2D eigenvalue weighted by molar-refractivity contribution is -0.914. The Morgan fingerprint density at radius 1 is 1.18 bits per heavy atom. The standard InChI is InChI=1S/C9H16NO/c1-10-4-6-2-8(10)3-7(5-10)9(6)11/h6-9,11H,2-5H2,1H3/q+1. The summed E-state index contributed by atoms with van der Waals surface area (Å²) in [4.78, 5) is 0. The molecule has 1 saturated carbocycles. The minimum Gasteiger partial charge on any atom is -0.392 e. The van der Waals surface area contributed by atoms with Gasteiger partial charge in [-0.05, 0) is 0 Å². The maximum absolute atomic E-state index is 9.81. The predicted molar refractivity (Wildman–Crippen MR) is 41.9 cm³/mol. The molecule has 3 aliphatic heterocycles. The zero-order valence-corrected chi connectivity index (χ0v) is 7.03. The Bertz CT molecular complexity index is 188. The molecule has 0 radical (unpaired) electrons. The number of hydrogen-bond acceptors (Lipinski definition) is 1. The average Bonchev–Trinajstić information content (AvgIpc) is 2.31. The highest BCUT2D eigenvalue weighted by atomic mass is 16.3. The first-order valence-corrected chi connectivity index (χ1v) is 4.71.